The highest BCUT2D eigenvalue weighted by Crippen LogP contribution is 2.11. The Balaban J connectivity index is 0.00000225. The normalized spacial score (nSPS) is 22.0. The van der Waals surface area contributed by atoms with Gasteiger partial charge in [0.1, 0.15) is 5.60 Å². The van der Waals surface area contributed by atoms with Crippen LogP contribution >= 0.6 is 12.4 Å². The Morgan fingerprint density at radius 2 is 2.06 bits per heavy atom. The summed E-state index contributed by atoms with van der Waals surface area (Å²) in [6.45, 7) is 10.3. The molecule has 1 rings (SSSR count). The Kier molecular flexibility index (Phi) is 6.11. The van der Waals surface area contributed by atoms with Crippen molar-refractivity contribution >= 4 is 18.5 Å². The lowest BCUT2D eigenvalue weighted by molar-refractivity contribution is 0.0250. The molecule has 1 N–H and O–H groups in total. The summed E-state index contributed by atoms with van der Waals surface area (Å²) >= 11 is 0. The van der Waals surface area contributed by atoms with Crippen molar-refractivity contribution in [1.82, 2.24) is 10.2 Å². The van der Waals surface area contributed by atoms with Gasteiger partial charge in [-0.2, -0.15) is 0 Å². The highest BCUT2D eigenvalue weighted by molar-refractivity contribution is 5.85. The largest absolute Gasteiger partial charge is 0.444 e. The number of hydrogen-bond acceptors (Lipinski definition) is 3. The number of ether oxygens (including phenoxy) is 1. The number of carbonyl (C=O) groups excluding carboxylic acids is 1. The van der Waals surface area contributed by atoms with Crippen LogP contribution in [0.4, 0.5) is 4.79 Å². The minimum absolute atomic E-state index is 0. The van der Waals surface area contributed by atoms with E-state index in [0.29, 0.717) is 6.04 Å². The van der Waals surface area contributed by atoms with Crippen LogP contribution in [0.1, 0.15) is 34.1 Å². The van der Waals surface area contributed by atoms with Gasteiger partial charge >= 0.3 is 6.09 Å². The summed E-state index contributed by atoms with van der Waals surface area (Å²) in [7, 11) is 0. The van der Waals surface area contributed by atoms with Crippen molar-refractivity contribution in [3.8, 4) is 0 Å². The van der Waals surface area contributed by atoms with E-state index < -0.39 is 5.60 Å². The van der Waals surface area contributed by atoms with E-state index in [1.54, 1.807) is 4.90 Å². The van der Waals surface area contributed by atoms with Gasteiger partial charge in [-0.1, -0.05) is 0 Å². The van der Waals surface area contributed by atoms with Crippen molar-refractivity contribution in [3.63, 3.8) is 0 Å². The van der Waals surface area contributed by atoms with Crippen LogP contribution in [0.3, 0.4) is 0 Å². The number of rotatable bonds is 0. The van der Waals surface area contributed by atoms with Crippen LogP contribution in [-0.4, -0.2) is 42.3 Å². The minimum Gasteiger partial charge on any atom is -0.444 e. The summed E-state index contributed by atoms with van der Waals surface area (Å²) < 4.78 is 5.34. The van der Waals surface area contributed by atoms with E-state index in [2.05, 4.69) is 12.2 Å². The third-order valence-electron chi connectivity index (χ3n) is 2.24. The number of halogens is 1. The SMILES string of the molecule is CC1CN(C(=O)OC(C)(C)C)CCCN1.Cl. The van der Waals surface area contributed by atoms with E-state index in [9.17, 15) is 4.79 Å². The average Bonchev–Trinajstić information content (AvgIpc) is 2.26. The zero-order chi connectivity index (χ0) is 11.5. The van der Waals surface area contributed by atoms with E-state index >= 15 is 0 Å². The van der Waals surface area contributed by atoms with Crippen LogP contribution in [0.2, 0.25) is 0 Å². The third kappa shape index (κ3) is 5.56. The highest BCUT2D eigenvalue weighted by atomic mass is 35.5. The summed E-state index contributed by atoms with van der Waals surface area (Å²) in [6.07, 6.45) is 0.793. The second-order valence-corrected chi connectivity index (χ2v) is 5.14. The zero-order valence-electron chi connectivity index (χ0n) is 10.6. The molecule has 1 atom stereocenters. The van der Waals surface area contributed by atoms with Gasteiger partial charge in [0.05, 0.1) is 0 Å². The number of nitrogens with one attached hydrogen (secondary N) is 1. The van der Waals surface area contributed by atoms with Crippen LogP contribution < -0.4 is 5.32 Å². The maximum atomic E-state index is 11.8. The van der Waals surface area contributed by atoms with E-state index in [0.717, 1.165) is 26.1 Å². The molecular formula is C11H23ClN2O2. The van der Waals surface area contributed by atoms with Crippen LogP contribution in [-0.2, 0) is 4.74 Å². The maximum absolute atomic E-state index is 11.8. The van der Waals surface area contributed by atoms with Crippen molar-refractivity contribution < 1.29 is 9.53 Å². The quantitative estimate of drug-likeness (QED) is 0.715. The van der Waals surface area contributed by atoms with Crippen molar-refractivity contribution in [1.29, 1.82) is 0 Å². The average molecular weight is 251 g/mol. The molecule has 0 spiro atoms. The molecule has 0 radical (unpaired) electrons. The first-order valence-corrected chi connectivity index (χ1v) is 5.60. The molecule has 0 aromatic carbocycles. The van der Waals surface area contributed by atoms with Gasteiger partial charge in [-0.15, -0.1) is 12.4 Å². The molecule has 0 saturated carbocycles. The molecule has 5 heteroatoms. The van der Waals surface area contributed by atoms with Gasteiger partial charge in [0, 0.05) is 19.1 Å². The molecule has 0 aromatic heterocycles. The first kappa shape index (κ1) is 15.5. The zero-order valence-corrected chi connectivity index (χ0v) is 11.4. The van der Waals surface area contributed by atoms with Gasteiger partial charge < -0.3 is 15.0 Å². The fourth-order valence-electron chi connectivity index (χ4n) is 1.60. The lowest BCUT2D eigenvalue weighted by atomic mass is 10.2. The Morgan fingerprint density at radius 3 is 2.62 bits per heavy atom. The van der Waals surface area contributed by atoms with Crippen LogP contribution in [0.25, 0.3) is 0 Å². The summed E-state index contributed by atoms with van der Waals surface area (Å²) in [4.78, 5) is 13.6. The molecule has 1 heterocycles. The molecule has 16 heavy (non-hydrogen) atoms. The van der Waals surface area contributed by atoms with Crippen molar-refractivity contribution in [2.45, 2.75) is 45.8 Å². The molecule has 1 saturated heterocycles. The molecule has 1 fully saturated rings. The lowest BCUT2D eigenvalue weighted by Gasteiger charge is -2.27. The van der Waals surface area contributed by atoms with Gasteiger partial charge in [0.15, 0.2) is 0 Å². The maximum Gasteiger partial charge on any atom is 0.410 e. The molecule has 0 aliphatic carbocycles. The minimum atomic E-state index is -0.403. The first-order valence-electron chi connectivity index (χ1n) is 5.60. The van der Waals surface area contributed by atoms with E-state index in [-0.39, 0.29) is 18.5 Å². The number of amides is 1. The summed E-state index contributed by atoms with van der Waals surface area (Å²) in [6, 6.07) is 0.347. The molecule has 1 aliphatic rings. The van der Waals surface area contributed by atoms with Gasteiger partial charge in [-0.25, -0.2) is 4.79 Å². The molecule has 4 nitrogen and oxygen atoms in total. The van der Waals surface area contributed by atoms with Gasteiger partial charge in [-0.3, -0.25) is 0 Å². The van der Waals surface area contributed by atoms with Crippen molar-refractivity contribution in [3.05, 3.63) is 0 Å². The second kappa shape index (κ2) is 6.30. The first-order chi connectivity index (χ1) is 6.88. The Hall–Kier alpha value is -0.480. The predicted molar refractivity (Wildman–Crippen MR) is 67.1 cm³/mol. The topological polar surface area (TPSA) is 41.6 Å². The van der Waals surface area contributed by atoms with Gasteiger partial charge in [-0.05, 0) is 40.7 Å². The fourth-order valence-corrected chi connectivity index (χ4v) is 1.60. The van der Waals surface area contributed by atoms with E-state index in [4.69, 9.17) is 4.74 Å². The smallest absolute Gasteiger partial charge is 0.410 e. The monoisotopic (exact) mass is 250 g/mol. The molecular weight excluding hydrogens is 228 g/mol. The van der Waals surface area contributed by atoms with Crippen LogP contribution in [0.15, 0.2) is 0 Å². The number of hydrogen-bond donors (Lipinski definition) is 1. The molecule has 1 amide bonds. The van der Waals surface area contributed by atoms with E-state index in [1.807, 2.05) is 20.8 Å². The summed E-state index contributed by atoms with van der Waals surface area (Å²) in [5.41, 5.74) is -0.403. The fraction of sp³-hybridized carbons (Fsp3) is 0.909. The Morgan fingerprint density at radius 1 is 1.44 bits per heavy atom. The van der Waals surface area contributed by atoms with Crippen molar-refractivity contribution in [2.75, 3.05) is 19.6 Å². The van der Waals surface area contributed by atoms with Crippen LogP contribution in [0, 0.1) is 0 Å². The van der Waals surface area contributed by atoms with E-state index in [1.165, 1.54) is 0 Å². The van der Waals surface area contributed by atoms with Gasteiger partial charge in [0.2, 0.25) is 0 Å². The van der Waals surface area contributed by atoms with Crippen molar-refractivity contribution in [2.24, 2.45) is 0 Å². The van der Waals surface area contributed by atoms with Crippen LogP contribution in [0.5, 0.6) is 0 Å². The highest BCUT2D eigenvalue weighted by Gasteiger charge is 2.24. The van der Waals surface area contributed by atoms with Gasteiger partial charge in [0.25, 0.3) is 0 Å². The predicted octanol–water partition coefficient (Wildman–Crippen LogP) is 2.03. The molecule has 1 unspecified atom stereocenters. The Bertz CT molecular complexity index is 229. The molecule has 0 aromatic rings. The molecule has 96 valence electrons. The second-order valence-electron chi connectivity index (χ2n) is 5.14. The molecule has 0 bridgehead atoms. The molecule has 1 aliphatic heterocycles. The standard InChI is InChI=1S/C11H22N2O2.ClH/c1-9-8-13(7-5-6-12-9)10(14)15-11(2,3)4;/h9,12H,5-8H2,1-4H3;1H. The number of nitrogens with zero attached hydrogens (tertiary/aromatic N) is 1. The summed E-state index contributed by atoms with van der Waals surface area (Å²) in [5.74, 6) is 0. The lowest BCUT2D eigenvalue weighted by Crippen LogP contribution is -2.41. The Labute approximate surface area is 104 Å². The third-order valence-corrected chi connectivity index (χ3v) is 2.24. The summed E-state index contributed by atoms with van der Waals surface area (Å²) in [5, 5.41) is 3.34. The number of carbonyl (C=O) groups is 1.